The summed E-state index contributed by atoms with van der Waals surface area (Å²) in [6.07, 6.45) is -0.110. The van der Waals surface area contributed by atoms with E-state index in [2.05, 4.69) is 25.9 Å². The van der Waals surface area contributed by atoms with Crippen LogP contribution in [0.15, 0.2) is 12.5 Å². The Kier molecular flexibility index (Phi) is 9.36. The topological polar surface area (TPSA) is 220 Å². The number of hydrogen-bond donors (Lipinski definition) is 8. The van der Waals surface area contributed by atoms with Crippen LogP contribution < -0.4 is 21.7 Å². The van der Waals surface area contributed by atoms with E-state index in [0.717, 1.165) is 0 Å². The van der Waals surface area contributed by atoms with Gasteiger partial charge in [0.05, 0.1) is 24.6 Å². The molecule has 0 saturated carbocycles. The van der Waals surface area contributed by atoms with Gasteiger partial charge in [0.15, 0.2) is 0 Å². The monoisotopic (exact) mass is 428 g/mol. The van der Waals surface area contributed by atoms with Crippen molar-refractivity contribution in [2.75, 3.05) is 0 Å². The minimum atomic E-state index is -1.55. The molecular weight excluding hydrogens is 400 g/mol. The Bertz CT molecular complexity index is 735. The van der Waals surface area contributed by atoms with Gasteiger partial charge in [-0.25, -0.2) is 9.78 Å². The first kappa shape index (κ1) is 25.0. The van der Waals surface area contributed by atoms with Gasteiger partial charge in [0.25, 0.3) is 0 Å². The lowest BCUT2D eigenvalue weighted by atomic mass is 10.1. The highest BCUT2D eigenvalue weighted by atomic mass is 16.4. The van der Waals surface area contributed by atoms with E-state index in [9.17, 15) is 34.5 Å². The number of aliphatic carboxylic acids is 1. The summed E-state index contributed by atoms with van der Waals surface area (Å²) in [6.45, 7) is 3.84. The number of aliphatic hydroxyl groups is 2. The Morgan fingerprint density at radius 2 is 1.50 bits per heavy atom. The summed E-state index contributed by atoms with van der Waals surface area (Å²) in [6, 6.07) is -5.30. The highest BCUT2D eigenvalue weighted by Gasteiger charge is 2.34. The van der Waals surface area contributed by atoms with Gasteiger partial charge < -0.3 is 42.0 Å². The number of nitrogens with zero attached hydrogens (tertiary/aromatic N) is 1. The van der Waals surface area contributed by atoms with Gasteiger partial charge in [0.2, 0.25) is 17.7 Å². The van der Waals surface area contributed by atoms with Crippen LogP contribution >= 0.6 is 0 Å². The van der Waals surface area contributed by atoms with Gasteiger partial charge in [0.1, 0.15) is 18.1 Å². The molecule has 0 aliphatic rings. The Hall–Kier alpha value is -3.03. The maximum Gasteiger partial charge on any atom is 0.326 e. The molecule has 30 heavy (non-hydrogen) atoms. The largest absolute Gasteiger partial charge is 0.480 e. The molecule has 1 aromatic rings. The van der Waals surface area contributed by atoms with E-state index in [-0.39, 0.29) is 6.42 Å². The summed E-state index contributed by atoms with van der Waals surface area (Å²) in [5.74, 6) is -3.96. The minimum Gasteiger partial charge on any atom is -0.480 e. The Balaban J connectivity index is 2.90. The first-order chi connectivity index (χ1) is 13.9. The Morgan fingerprint density at radius 1 is 1.00 bits per heavy atom. The molecule has 1 aromatic heterocycles. The van der Waals surface area contributed by atoms with E-state index >= 15 is 0 Å². The van der Waals surface area contributed by atoms with Crippen molar-refractivity contribution in [1.82, 2.24) is 25.9 Å². The van der Waals surface area contributed by atoms with Crippen molar-refractivity contribution in [3.63, 3.8) is 0 Å². The van der Waals surface area contributed by atoms with E-state index in [1.165, 1.54) is 33.3 Å². The van der Waals surface area contributed by atoms with Crippen molar-refractivity contribution < 1.29 is 34.5 Å². The molecule has 6 unspecified atom stereocenters. The molecule has 0 spiro atoms. The molecule has 9 N–H and O–H groups in total. The maximum atomic E-state index is 12.5. The second kappa shape index (κ2) is 11.2. The molecule has 3 amide bonds. The fourth-order valence-corrected chi connectivity index (χ4v) is 2.42. The molecular formula is C17H28N6O7. The summed E-state index contributed by atoms with van der Waals surface area (Å²) in [7, 11) is 0. The van der Waals surface area contributed by atoms with Crippen LogP contribution in [0.2, 0.25) is 0 Å². The first-order valence-electron chi connectivity index (χ1n) is 9.16. The standard InChI is InChI=1S/C17H28N6O7/c1-7(18)14(26)22-13(9(3)25)16(28)23-12(8(2)24)15(27)21-11(17(29)30)4-10-5-19-6-20-10/h5-9,11-13,24-25H,4,18H2,1-3H3,(H,19,20)(H,21,27)(H,22,26)(H,23,28)(H,29,30). The van der Waals surface area contributed by atoms with E-state index in [0.29, 0.717) is 5.69 Å². The average Bonchev–Trinajstić information content (AvgIpc) is 3.15. The van der Waals surface area contributed by atoms with E-state index in [1.807, 2.05) is 0 Å². The molecule has 168 valence electrons. The number of rotatable bonds is 11. The van der Waals surface area contributed by atoms with Gasteiger partial charge in [-0.05, 0) is 20.8 Å². The zero-order valence-electron chi connectivity index (χ0n) is 16.8. The van der Waals surface area contributed by atoms with Crippen LogP contribution in [0, 0.1) is 0 Å². The molecule has 0 saturated heterocycles. The van der Waals surface area contributed by atoms with Gasteiger partial charge in [0, 0.05) is 18.3 Å². The molecule has 0 bridgehead atoms. The van der Waals surface area contributed by atoms with Crippen LogP contribution in [-0.2, 0) is 25.6 Å². The fraction of sp³-hybridized carbons (Fsp3) is 0.588. The summed E-state index contributed by atoms with van der Waals surface area (Å²) >= 11 is 0. The molecule has 13 heteroatoms. The third-order valence-corrected chi connectivity index (χ3v) is 4.13. The van der Waals surface area contributed by atoms with Crippen molar-refractivity contribution in [3.05, 3.63) is 18.2 Å². The van der Waals surface area contributed by atoms with Gasteiger partial charge >= 0.3 is 5.97 Å². The molecule has 0 fully saturated rings. The van der Waals surface area contributed by atoms with Crippen LogP contribution in [0.4, 0.5) is 0 Å². The van der Waals surface area contributed by atoms with Crippen LogP contribution in [0.25, 0.3) is 0 Å². The van der Waals surface area contributed by atoms with Crippen LogP contribution in [0.5, 0.6) is 0 Å². The second-order valence-electron chi connectivity index (χ2n) is 6.92. The quantitative estimate of drug-likeness (QED) is 0.176. The number of H-pyrrole nitrogens is 1. The molecule has 13 nitrogen and oxygen atoms in total. The lowest BCUT2D eigenvalue weighted by molar-refractivity contribution is -0.143. The smallest absolute Gasteiger partial charge is 0.326 e. The van der Waals surface area contributed by atoms with Crippen LogP contribution in [-0.4, -0.2) is 85.4 Å². The molecule has 0 radical (unpaired) electrons. The summed E-state index contributed by atoms with van der Waals surface area (Å²) in [5.41, 5.74) is 5.88. The van der Waals surface area contributed by atoms with Crippen LogP contribution in [0.3, 0.4) is 0 Å². The Labute approximate surface area is 172 Å². The minimum absolute atomic E-state index is 0.109. The van der Waals surface area contributed by atoms with E-state index in [4.69, 9.17) is 5.73 Å². The van der Waals surface area contributed by atoms with E-state index in [1.54, 1.807) is 0 Å². The number of aliphatic hydroxyl groups excluding tert-OH is 2. The third-order valence-electron chi connectivity index (χ3n) is 4.13. The first-order valence-corrected chi connectivity index (χ1v) is 9.16. The number of hydrogen-bond acceptors (Lipinski definition) is 8. The number of carbonyl (C=O) groups is 4. The van der Waals surface area contributed by atoms with Crippen molar-refractivity contribution in [2.45, 2.75) is 63.6 Å². The number of aromatic nitrogens is 2. The number of carbonyl (C=O) groups excluding carboxylic acids is 3. The number of nitrogens with two attached hydrogens (primary N) is 1. The number of aromatic amines is 1. The van der Waals surface area contributed by atoms with Crippen molar-refractivity contribution in [3.8, 4) is 0 Å². The normalized spacial score (nSPS) is 17.0. The van der Waals surface area contributed by atoms with Crippen LogP contribution in [0.1, 0.15) is 26.5 Å². The van der Waals surface area contributed by atoms with E-state index < -0.39 is 60.1 Å². The SMILES string of the molecule is CC(N)C(=O)NC(C(=O)NC(C(=O)NC(Cc1cnc[nH]1)C(=O)O)C(C)O)C(C)O. The Morgan fingerprint density at radius 3 is 1.90 bits per heavy atom. The highest BCUT2D eigenvalue weighted by molar-refractivity contribution is 5.94. The summed E-state index contributed by atoms with van der Waals surface area (Å²) in [5, 5.41) is 35.8. The maximum absolute atomic E-state index is 12.5. The molecule has 1 heterocycles. The molecule has 0 aliphatic heterocycles. The average molecular weight is 428 g/mol. The number of nitrogens with one attached hydrogen (secondary N) is 4. The van der Waals surface area contributed by atoms with Crippen molar-refractivity contribution in [1.29, 1.82) is 0 Å². The number of amides is 3. The highest BCUT2D eigenvalue weighted by Crippen LogP contribution is 2.03. The third kappa shape index (κ3) is 7.42. The van der Waals surface area contributed by atoms with Crippen molar-refractivity contribution >= 4 is 23.7 Å². The zero-order chi connectivity index (χ0) is 23.0. The zero-order valence-corrected chi connectivity index (χ0v) is 16.8. The number of carboxylic acids is 1. The predicted molar refractivity (Wildman–Crippen MR) is 103 cm³/mol. The molecule has 0 aromatic carbocycles. The fourth-order valence-electron chi connectivity index (χ4n) is 2.42. The number of carboxylic acid groups (broad SMARTS) is 1. The number of imidazole rings is 1. The lowest BCUT2D eigenvalue weighted by Crippen LogP contribution is -2.61. The van der Waals surface area contributed by atoms with Crippen molar-refractivity contribution in [2.24, 2.45) is 5.73 Å². The second-order valence-corrected chi connectivity index (χ2v) is 6.92. The molecule has 1 rings (SSSR count). The lowest BCUT2D eigenvalue weighted by Gasteiger charge is -2.27. The van der Waals surface area contributed by atoms with Gasteiger partial charge in [-0.15, -0.1) is 0 Å². The molecule has 0 aliphatic carbocycles. The van der Waals surface area contributed by atoms with Gasteiger partial charge in [-0.3, -0.25) is 14.4 Å². The molecule has 6 atom stereocenters. The summed E-state index contributed by atoms with van der Waals surface area (Å²) < 4.78 is 0. The summed E-state index contributed by atoms with van der Waals surface area (Å²) in [4.78, 5) is 54.7. The van der Waals surface area contributed by atoms with Gasteiger partial charge in [-0.2, -0.15) is 0 Å². The van der Waals surface area contributed by atoms with Gasteiger partial charge in [-0.1, -0.05) is 0 Å². The predicted octanol–water partition coefficient (Wildman–Crippen LogP) is -3.40.